The molecule has 0 saturated heterocycles. The van der Waals surface area contributed by atoms with Crippen LogP contribution in [-0.4, -0.2) is 29.2 Å². The largest absolute Gasteiger partial charge is 0.455 e. The molecule has 0 spiro atoms. The maximum Gasteiger partial charge on any atom is 0.311 e. The molecule has 5 nitrogen and oxygen atoms in total. The molecular formula is C28H24Cl2N2O3S. The molecular weight excluding hydrogens is 515 g/mol. The van der Waals surface area contributed by atoms with E-state index in [1.54, 1.807) is 0 Å². The Hall–Kier alpha value is -2.93. The number of carbonyl (C=O) groups is 2. The van der Waals surface area contributed by atoms with E-state index in [2.05, 4.69) is 6.08 Å². The summed E-state index contributed by atoms with van der Waals surface area (Å²) in [6, 6.07) is 18.7. The molecule has 1 aromatic heterocycles. The number of ether oxygens (including phenoxy) is 1. The van der Waals surface area contributed by atoms with Gasteiger partial charge in [-0.05, 0) is 77.8 Å². The number of nitrogens with zero attached hydrogens (tertiary/aromatic N) is 2. The van der Waals surface area contributed by atoms with Crippen LogP contribution in [0.5, 0.6) is 0 Å². The van der Waals surface area contributed by atoms with Gasteiger partial charge >= 0.3 is 5.97 Å². The van der Waals surface area contributed by atoms with Gasteiger partial charge in [-0.3, -0.25) is 9.59 Å². The quantitative estimate of drug-likeness (QED) is 0.318. The minimum absolute atomic E-state index is 0.0456. The summed E-state index contributed by atoms with van der Waals surface area (Å²) in [5, 5.41) is 9.55. The number of amides is 1. The fraction of sp³-hybridized carbons (Fsp3) is 0.250. The maximum absolute atomic E-state index is 13.3. The van der Waals surface area contributed by atoms with Gasteiger partial charge in [-0.1, -0.05) is 53.5 Å². The van der Waals surface area contributed by atoms with E-state index < -0.39 is 5.97 Å². The Morgan fingerprint density at radius 3 is 2.47 bits per heavy atom. The van der Waals surface area contributed by atoms with Gasteiger partial charge in [-0.25, -0.2) is 5.01 Å². The van der Waals surface area contributed by atoms with Crippen LogP contribution in [0.3, 0.4) is 0 Å². The van der Waals surface area contributed by atoms with Crippen LogP contribution >= 0.6 is 34.5 Å². The molecule has 8 heteroatoms. The number of hydrazone groups is 1. The maximum atomic E-state index is 13.3. The molecule has 36 heavy (non-hydrogen) atoms. The second-order valence-corrected chi connectivity index (χ2v) is 10.8. The lowest BCUT2D eigenvalue weighted by molar-refractivity contribution is -0.152. The van der Waals surface area contributed by atoms with Crippen LogP contribution < -0.4 is 0 Å². The normalized spacial score (nSPS) is 20.2. The first-order valence-electron chi connectivity index (χ1n) is 11.8. The molecule has 2 aliphatic rings. The van der Waals surface area contributed by atoms with Gasteiger partial charge < -0.3 is 4.74 Å². The molecule has 1 aliphatic heterocycles. The van der Waals surface area contributed by atoms with Crippen molar-refractivity contribution in [1.29, 1.82) is 0 Å². The van der Waals surface area contributed by atoms with Crippen LogP contribution in [0.4, 0.5) is 0 Å². The van der Waals surface area contributed by atoms with E-state index in [1.165, 1.54) is 16.3 Å². The van der Waals surface area contributed by atoms with Crippen molar-refractivity contribution in [2.75, 3.05) is 6.61 Å². The minimum atomic E-state index is -0.429. The van der Waals surface area contributed by atoms with Crippen molar-refractivity contribution in [3.05, 3.63) is 97.7 Å². The summed E-state index contributed by atoms with van der Waals surface area (Å²) in [7, 11) is 0. The highest BCUT2D eigenvalue weighted by molar-refractivity contribution is 7.10. The minimum Gasteiger partial charge on any atom is -0.455 e. The smallest absolute Gasteiger partial charge is 0.311 e. The van der Waals surface area contributed by atoms with Crippen LogP contribution in [0.15, 0.2) is 76.7 Å². The highest BCUT2D eigenvalue weighted by Gasteiger charge is 2.43. The van der Waals surface area contributed by atoms with Gasteiger partial charge in [-0.15, -0.1) is 11.3 Å². The van der Waals surface area contributed by atoms with Gasteiger partial charge in [0.25, 0.3) is 5.91 Å². The van der Waals surface area contributed by atoms with E-state index in [9.17, 15) is 9.59 Å². The fourth-order valence-electron chi connectivity index (χ4n) is 4.78. The van der Waals surface area contributed by atoms with Gasteiger partial charge in [0, 0.05) is 20.8 Å². The lowest BCUT2D eigenvalue weighted by Gasteiger charge is -2.29. The zero-order valence-corrected chi connectivity index (χ0v) is 21.7. The molecule has 1 amide bonds. The second-order valence-electron chi connectivity index (χ2n) is 8.86. The van der Waals surface area contributed by atoms with E-state index in [1.807, 2.05) is 66.0 Å². The van der Waals surface area contributed by atoms with Crippen LogP contribution in [0, 0.1) is 5.92 Å². The average Bonchev–Trinajstić information content (AvgIpc) is 3.53. The van der Waals surface area contributed by atoms with Gasteiger partial charge in [0.15, 0.2) is 6.61 Å². The number of carbonyl (C=O) groups excluding carboxylic acids is 2. The topological polar surface area (TPSA) is 59.0 Å². The molecule has 5 rings (SSSR count). The number of hydrogen-bond donors (Lipinski definition) is 0. The van der Waals surface area contributed by atoms with E-state index in [-0.39, 0.29) is 30.9 Å². The Balaban J connectivity index is 1.41. The lowest BCUT2D eigenvalue weighted by Crippen LogP contribution is -2.34. The van der Waals surface area contributed by atoms with Crippen LogP contribution in [0.1, 0.15) is 41.3 Å². The summed E-state index contributed by atoms with van der Waals surface area (Å²) in [4.78, 5) is 26.5. The van der Waals surface area contributed by atoms with E-state index in [0.29, 0.717) is 10.0 Å². The van der Waals surface area contributed by atoms with Crippen molar-refractivity contribution in [2.45, 2.75) is 31.7 Å². The third-order valence-electron chi connectivity index (χ3n) is 6.43. The number of fused-ring (bicyclic) bond motifs is 1. The number of benzene rings is 2. The zero-order chi connectivity index (χ0) is 25.1. The lowest BCUT2D eigenvalue weighted by atomic mass is 9.77. The summed E-state index contributed by atoms with van der Waals surface area (Å²) in [6.07, 6.45) is 5.05. The standard InChI is InChI=1S/C28H24Cl2N2O3S/c29-21-10-6-18(7-11-21)15-20-3-1-5-24-27(20)31-32(28(24)19-8-12-22(30)13-9-19)25(33)17-35-26(34)16-23-4-2-14-36-23/h2,4,6-15,24,28H,1,3,5,16-17H2. The molecule has 2 aromatic carbocycles. The Bertz CT molecular complexity index is 1300. The van der Waals surface area contributed by atoms with E-state index >= 15 is 0 Å². The predicted molar refractivity (Wildman–Crippen MR) is 144 cm³/mol. The summed E-state index contributed by atoms with van der Waals surface area (Å²) in [6.45, 7) is -0.353. The van der Waals surface area contributed by atoms with E-state index in [4.69, 9.17) is 33.0 Å². The molecule has 184 valence electrons. The number of esters is 1. The van der Waals surface area contributed by atoms with Crippen molar-refractivity contribution >= 4 is 58.2 Å². The van der Waals surface area contributed by atoms with Crippen LogP contribution in [-0.2, 0) is 20.7 Å². The second kappa shape index (κ2) is 11.0. The number of hydrogen-bond acceptors (Lipinski definition) is 5. The van der Waals surface area contributed by atoms with Crippen LogP contribution in [0.2, 0.25) is 10.0 Å². The zero-order valence-electron chi connectivity index (χ0n) is 19.4. The van der Waals surface area contributed by atoms with E-state index in [0.717, 1.165) is 46.6 Å². The van der Waals surface area contributed by atoms with Gasteiger partial charge in [0.1, 0.15) is 0 Å². The molecule has 1 fully saturated rings. The number of thiophene rings is 1. The fourth-order valence-corrected chi connectivity index (χ4v) is 5.72. The molecule has 2 unspecified atom stereocenters. The van der Waals surface area contributed by atoms with Crippen molar-refractivity contribution in [3.63, 3.8) is 0 Å². The summed E-state index contributed by atoms with van der Waals surface area (Å²) >= 11 is 13.7. The van der Waals surface area contributed by atoms with Crippen LogP contribution in [0.25, 0.3) is 6.08 Å². The Kier molecular flexibility index (Phi) is 7.56. The van der Waals surface area contributed by atoms with Gasteiger partial charge in [0.2, 0.25) is 0 Å². The summed E-state index contributed by atoms with van der Waals surface area (Å²) in [5.74, 6) is -0.729. The molecule has 0 radical (unpaired) electrons. The third-order valence-corrected chi connectivity index (χ3v) is 7.82. The average molecular weight is 539 g/mol. The highest BCUT2D eigenvalue weighted by Crippen LogP contribution is 2.44. The van der Waals surface area contributed by atoms with Crippen molar-refractivity contribution in [3.8, 4) is 0 Å². The highest BCUT2D eigenvalue weighted by atomic mass is 35.5. The molecule has 0 bridgehead atoms. The molecule has 2 heterocycles. The Labute approximate surface area is 224 Å². The van der Waals surface area contributed by atoms with Crippen molar-refractivity contribution in [1.82, 2.24) is 5.01 Å². The SMILES string of the molecule is O=C(Cc1cccs1)OCC(=O)N1N=C2C(=Cc3ccc(Cl)cc3)CCCC2C1c1ccc(Cl)cc1. The number of rotatable bonds is 6. The molecule has 1 saturated carbocycles. The van der Waals surface area contributed by atoms with Crippen molar-refractivity contribution in [2.24, 2.45) is 11.0 Å². The molecule has 2 atom stereocenters. The molecule has 0 N–H and O–H groups in total. The Morgan fingerprint density at radius 1 is 1.06 bits per heavy atom. The summed E-state index contributed by atoms with van der Waals surface area (Å²) < 4.78 is 5.34. The molecule has 3 aromatic rings. The third kappa shape index (κ3) is 5.56. The first-order chi connectivity index (χ1) is 17.5. The summed E-state index contributed by atoms with van der Waals surface area (Å²) in [5.41, 5.74) is 4.01. The Morgan fingerprint density at radius 2 is 1.78 bits per heavy atom. The van der Waals surface area contributed by atoms with Gasteiger partial charge in [-0.2, -0.15) is 5.10 Å². The predicted octanol–water partition coefficient (Wildman–Crippen LogP) is 6.96. The number of halogens is 2. The first-order valence-corrected chi connectivity index (χ1v) is 13.4. The first kappa shape index (κ1) is 24.8. The van der Waals surface area contributed by atoms with Crippen molar-refractivity contribution < 1.29 is 14.3 Å². The number of allylic oxidation sites excluding steroid dienone is 1. The monoisotopic (exact) mass is 538 g/mol. The van der Waals surface area contributed by atoms with Gasteiger partial charge in [0.05, 0.1) is 18.2 Å². The molecule has 1 aliphatic carbocycles.